The predicted octanol–water partition coefficient (Wildman–Crippen LogP) is 2.95. The number of hydrogen-bond donors (Lipinski definition) is 1. The number of carbonyl (C=O) groups is 1. The van der Waals surface area contributed by atoms with Crippen molar-refractivity contribution < 1.29 is 9.53 Å². The molecule has 1 aliphatic heterocycles. The number of carbonyl (C=O) groups excluding carboxylic acids is 1. The summed E-state index contributed by atoms with van der Waals surface area (Å²) < 4.78 is 5.20. The Kier molecular flexibility index (Phi) is 4.62. The Morgan fingerprint density at radius 2 is 2.04 bits per heavy atom. The third kappa shape index (κ3) is 3.18. The van der Waals surface area contributed by atoms with E-state index in [9.17, 15) is 9.59 Å². The van der Waals surface area contributed by atoms with Crippen LogP contribution in [0.5, 0.6) is 5.75 Å². The number of piperidine rings is 1. The molecule has 1 aromatic carbocycles. The molecule has 27 heavy (non-hydrogen) atoms. The number of ether oxygens (including phenoxy) is 1. The molecule has 6 heteroatoms. The second kappa shape index (κ2) is 7.23. The maximum atomic E-state index is 12.9. The van der Waals surface area contributed by atoms with Crippen LogP contribution in [0.3, 0.4) is 0 Å². The lowest BCUT2D eigenvalue weighted by molar-refractivity contribution is 0.0708. The fourth-order valence-electron chi connectivity index (χ4n) is 3.89. The molecule has 0 radical (unpaired) electrons. The van der Waals surface area contributed by atoms with E-state index in [0.29, 0.717) is 24.8 Å². The first kappa shape index (κ1) is 17.3. The summed E-state index contributed by atoms with van der Waals surface area (Å²) in [5, 5.41) is 2.35. The second-order valence-electron chi connectivity index (χ2n) is 6.76. The maximum absolute atomic E-state index is 12.9. The smallest absolute Gasteiger partial charge is 0.264 e. The number of aromatic amines is 1. The summed E-state index contributed by atoms with van der Waals surface area (Å²) in [7, 11) is 1.47. The highest BCUT2D eigenvalue weighted by atomic mass is 16.5. The molecule has 0 saturated carbocycles. The van der Waals surface area contributed by atoms with E-state index in [1.165, 1.54) is 24.3 Å². The van der Waals surface area contributed by atoms with Gasteiger partial charge < -0.3 is 14.6 Å². The summed E-state index contributed by atoms with van der Waals surface area (Å²) in [4.78, 5) is 33.5. The average Bonchev–Trinajstić information content (AvgIpc) is 2.73. The first-order chi connectivity index (χ1) is 13.2. The van der Waals surface area contributed by atoms with E-state index in [1.807, 2.05) is 12.4 Å². The molecule has 0 bridgehead atoms. The molecule has 1 N–H and O–H groups in total. The van der Waals surface area contributed by atoms with Crippen LogP contribution in [0.2, 0.25) is 0 Å². The van der Waals surface area contributed by atoms with Crippen molar-refractivity contribution in [3.63, 3.8) is 0 Å². The lowest BCUT2D eigenvalue weighted by Gasteiger charge is -2.32. The third-order valence-corrected chi connectivity index (χ3v) is 5.29. The quantitative estimate of drug-likeness (QED) is 0.776. The Hall–Kier alpha value is -3.15. The molecule has 138 valence electrons. The van der Waals surface area contributed by atoms with Gasteiger partial charge in [0.25, 0.3) is 11.5 Å². The van der Waals surface area contributed by atoms with Crippen LogP contribution in [0, 0.1) is 0 Å². The molecule has 1 fully saturated rings. The fourth-order valence-corrected chi connectivity index (χ4v) is 3.89. The number of rotatable bonds is 3. The number of likely N-dealkylation sites (tertiary alicyclic amines) is 1. The maximum Gasteiger partial charge on any atom is 0.264 e. The molecule has 0 atom stereocenters. The van der Waals surface area contributed by atoms with E-state index in [-0.39, 0.29) is 11.5 Å². The Labute approximate surface area is 156 Å². The number of methoxy groups -OCH3 is 1. The topological polar surface area (TPSA) is 75.3 Å². The van der Waals surface area contributed by atoms with E-state index in [0.717, 1.165) is 18.2 Å². The van der Waals surface area contributed by atoms with Crippen LogP contribution >= 0.6 is 0 Å². The molecular formula is C21H21N3O3. The van der Waals surface area contributed by atoms with Gasteiger partial charge in [-0.25, -0.2) is 0 Å². The lowest BCUT2D eigenvalue weighted by Crippen LogP contribution is -2.40. The van der Waals surface area contributed by atoms with Gasteiger partial charge in [-0.3, -0.25) is 14.6 Å². The largest absolute Gasteiger partial charge is 0.496 e. The van der Waals surface area contributed by atoms with Gasteiger partial charge in [-0.2, -0.15) is 0 Å². The molecule has 1 aliphatic rings. The Bertz CT molecular complexity index is 1030. The SMILES string of the molecule is COc1cc[nH]c(=O)c1C(=O)N1CCC(c2cccc3cnccc23)CC1. The summed E-state index contributed by atoms with van der Waals surface area (Å²) in [6.45, 7) is 1.23. The van der Waals surface area contributed by atoms with Crippen LogP contribution in [-0.2, 0) is 0 Å². The van der Waals surface area contributed by atoms with E-state index in [2.05, 4.69) is 34.2 Å². The highest BCUT2D eigenvalue weighted by Gasteiger charge is 2.28. The van der Waals surface area contributed by atoms with Crippen molar-refractivity contribution >= 4 is 16.7 Å². The van der Waals surface area contributed by atoms with Crippen LogP contribution in [0.1, 0.15) is 34.7 Å². The van der Waals surface area contributed by atoms with Gasteiger partial charge >= 0.3 is 0 Å². The molecular weight excluding hydrogens is 342 g/mol. The number of nitrogens with zero attached hydrogens (tertiary/aromatic N) is 2. The number of amides is 1. The fraction of sp³-hybridized carbons (Fsp3) is 0.286. The first-order valence-electron chi connectivity index (χ1n) is 9.06. The molecule has 6 nitrogen and oxygen atoms in total. The zero-order valence-corrected chi connectivity index (χ0v) is 15.1. The highest BCUT2D eigenvalue weighted by molar-refractivity contribution is 5.96. The number of aromatic nitrogens is 2. The monoisotopic (exact) mass is 363 g/mol. The van der Waals surface area contributed by atoms with Crippen LogP contribution < -0.4 is 10.3 Å². The van der Waals surface area contributed by atoms with Crippen molar-refractivity contribution in [1.29, 1.82) is 0 Å². The normalized spacial score (nSPS) is 15.1. The van der Waals surface area contributed by atoms with Gasteiger partial charge in [-0.15, -0.1) is 0 Å². The van der Waals surface area contributed by atoms with E-state index >= 15 is 0 Å². The van der Waals surface area contributed by atoms with Gasteiger partial charge in [0, 0.05) is 37.1 Å². The molecule has 1 amide bonds. The third-order valence-electron chi connectivity index (χ3n) is 5.29. The van der Waals surface area contributed by atoms with Crippen molar-refractivity contribution in [3.05, 3.63) is 70.4 Å². The molecule has 3 aromatic rings. The summed E-state index contributed by atoms with van der Waals surface area (Å²) in [6.07, 6.45) is 6.91. The molecule has 0 unspecified atom stereocenters. The minimum absolute atomic E-state index is 0.0784. The van der Waals surface area contributed by atoms with Gasteiger partial charge in [-0.1, -0.05) is 18.2 Å². The lowest BCUT2D eigenvalue weighted by atomic mass is 9.86. The molecule has 4 rings (SSSR count). The van der Waals surface area contributed by atoms with Crippen LogP contribution in [0.4, 0.5) is 0 Å². The van der Waals surface area contributed by atoms with Crippen molar-refractivity contribution in [2.45, 2.75) is 18.8 Å². The van der Waals surface area contributed by atoms with Crippen LogP contribution in [0.15, 0.2) is 53.7 Å². The van der Waals surface area contributed by atoms with Gasteiger partial charge in [0.15, 0.2) is 0 Å². The molecule has 2 aromatic heterocycles. The van der Waals surface area contributed by atoms with Gasteiger partial charge in [0.1, 0.15) is 11.3 Å². The number of pyridine rings is 2. The first-order valence-corrected chi connectivity index (χ1v) is 9.06. The van der Waals surface area contributed by atoms with E-state index in [1.54, 1.807) is 11.0 Å². The van der Waals surface area contributed by atoms with Crippen molar-refractivity contribution in [1.82, 2.24) is 14.9 Å². The molecule has 0 aliphatic carbocycles. The molecule has 3 heterocycles. The summed E-state index contributed by atoms with van der Waals surface area (Å²) in [5.41, 5.74) is 0.967. The number of benzene rings is 1. The summed E-state index contributed by atoms with van der Waals surface area (Å²) in [6, 6.07) is 9.95. The minimum Gasteiger partial charge on any atom is -0.496 e. The van der Waals surface area contributed by atoms with E-state index < -0.39 is 5.56 Å². The zero-order chi connectivity index (χ0) is 18.8. The Morgan fingerprint density at radius 1 is 1.22 bits per heavy atom. The van der Waals surface area contributed by atoms with E-state index in [4.69, 9.17) is 4.74 Å². The number of H-pyrrole nitrogens is 1. The number of nitrogens with one attached hydrogen (secondary N) is 1. The van der Waals surface area contributed by atoms with Crippen LogP contribution in [0.25, 0.3) is 10.8 Å². The summed E-state index contributed by atoms with van der Waals surface area (Å²) >= 11 is 0. The van der Waals surface area contributed by atoms with Crippen molar-refractivity contribution in [2.24, 2.45) is 0 Å². The predicted molar refractivity (Wildman–Crippen MR) is 103 cm³/mol. The Balaban J connectivity index is 1.54. The molecule has 1 saturated heterocycles. The van der Waals surface area contributed by atoms with Gasteiger partial charge in [0.05, 0.1) is 7.11 Å². The Morgan fingerprint density at radius 3 is 2.81 bits per heavy atom. The minimum atomic E-state index is -0.414. The zero-order valence-electron chi connectivity index (χ0n) is 15.1. The van der Waals surface area contributed by atoms with Crippen LogP contribution in [-0.4, -0.2) is 41.0 Å². The molecule has 0 spiro atoms. The second-order valence-corrected chi connectivity index (χ2v) is 6.76. The number of hydrogen-bond acceptors (Lipinski definition) is 4. The van der Waals surface area contributed by atoms with Gasteiger partial charge in [-0.05, 0) is 41.8 Å². The highest BCUT2D eigenvalue weighted by Crippen LogP contribution is 2.33. The number of fused-ring (bicyclic) bond motifs is 1. The van der Waals surface area contributed by atoms with Crippen molar-refractivity contribution in [3.8, 4) is 5.75 Å². The summed E-state index contributed by atoms with van der Waals surface area (Å²) in [5.74, 6) is 0.429. The average molecular weight is 363 g/mol. The van der Waals surface area contributed by atoms with Gasteiger partial charge in [0.2, 0.25) is 0 Å². The standard InChI is InChI=1S/C21H21N3O3/c1-27-18-6-10-23-20(25)19(18)21(26)24-11-7-14(8-12-24)16-4-2-3-15-13-22-9-5-17(15)16/h2-6,9-10,13-14H,7-8,11-12H2,1H3,(H,23,25). The van der Waals surface area contributed by atoms with Crippen molar-refractivity contribution in [2.75, 3.05) is 20.2 Å².